The van der Waals surface area contributed by atoms with Gasteiger partial charge in [0.25, 0.3) is 5.91 Å². The molecule has 5 rings (SSSR count). The van der Waals surface area contributed by atoms with Crippen molar-refractivity contribution in [3.05, 3.63) is 90.0 Å². The molecule has 0 radical (unpaired) electrons. The van der Waals surface area contributed by atoms with Crippen LogP contribution in [0, 0.1) is 0 Å². The van der Waals surface area contributed by atoms with Gasteiger partial charge in [0.15, 0.2) is 11.2 Å². The molecule has 0 spiro atoms. The highest BCUT2D eigenvalue weighted by atomic mass is 32.2. The smallest absolute Gasteiger partial charge is 0.263 e. The van der Waals surface area contributed by atoms with Gasteiger partial charge in [0.05, 0.1) is 18.0 Å². The maximum atomic E-state index is 13.6. The van der Waals surface area contributed by atoms with E-state index in [2.05, 4.69) is 5.32 Å². The van der Waals surface area contributed by atoms with E-state index in [0.29, 0.717) is 28.9 Å². The van der Waals surface area contributed by atoms with E-state index in [4.69, 9.17) is 14.7 Å². The van der Waals surface area contributed by atoms with Gasteiger partial charge < -0.3 is 10.1 Å². The van der Waals surface area contributed by atoms with Crippen molar-refractivity contribution in [2.24, 2.45) is 9.98 Å². The lowest BCUT2D eigenvalue weighted by atomic mass is 10.1. The second-order valence-corrected chi connectivity index (χ2v) is 9.25. The molecule has 176 valence electrons. The van der Waals surface area contributed by atoms with E-state index in [1.54, 1.807) is 36.3 Å². The number of amides is 2. The summed E-state index contributed by atoms with van der Waals surface area (Å²) >= 11 is 1.28. The largest absolute Gasteiger partial charge is 0.497 e. The van der Waals surface area contributed by atoms with Crippen molar-refractivity contribution in [1.82, 2.24) is 4.90 Å². The summed E-state index contributed by atoms with van der Waals surface area (Å²) in [6.07, 6.45) is 0.559. The molecule has 1 N–H and O–H groups in total. The summed E-state index contributed by atoms with van der Waals surface area (Å²) in [5.74, 6) is 0.959. The molecule has 2 heterocycles. The van der Waals surface area contributed by atoms with Crippen LogP contribution in [0.15, 0.2) is 88.8 Å². The molecule has 7 nitrogen and oxygen atoms in total. The summed E-state index contributed by atoms with van der Waals surface area (Å²) in [7, 11) is 1.60. The Morgan fingerprint density at radius 1 is 1.06 bits per heavy atom. The highest BCUT2D eigenvalue weighted by Crippen LogP contribution is 2.38. The summed E-state index contributed by atoms with van der Waals surface area (Å²) in [6.45, 7) is 1.94. The third kappa shape index (κ3) is 4.44. The molecule has 0 aliphatic carbocycles. The molecular weight excluding hydrogens is 460 g/mol. The van der Waals surface area contributed by atoms with E-state index in [9.17, 15) is 9.59 Å². The number of fused-ring (bicyclic) bond motifs is 3. The van der Waals surface area contributed by atoms with Crippen LogP contribution in [0.3, 0.4) is 0 Å². The molecule has 0 saturated heterocycles. The molecule has 3 aromatic rings. The molecule has 0 aromatic heterocycles. The number of thioether (sulfide) groups is 1. The normalized spacial score (nSPS) is 17.1. The molecule has 2 aliphatic rings. The SMILES string of the molecule is CC[C@@H](SC1=Nc2ccccc2C2=N[C@@H](c3ccccc3)C(=O)N12)C(=O)Nc1ccc(OC)cc1. The molecule has 2 aliphatic heterocycles. The van der Waals surface area contributed by atoms with Crippen LogP contribution in [0.4, 0.5) is 11.4 Å². The van der Waals surface area contributed by atoms with Gasteiger partial charge in [0.1, 0.15) is 11.6 Å². The number of methoxy groups -OCH3 is 1. The van der Waals surface area contributed by atoms with Gasteiger partial charge in [-0.2, -0.15) is 0 Å². The first kappa shape index (κ1) is 22.9. The fourth-order valence-electron chi connectivity index (χ4n) is 4.03. The van der Waals surface area contributed by atoms with Gasteiger partial charge in [-0.05, 0) is 48.4 Å². The standard InChI is InChI=1S/C27H24N4O3S/c1-3-22(25(32)28-18-13-15-19(34-2)16-14-18)35-27-29-21-12-8-7-11-20(21)24-30-23(26(33)31(24)27)17-9-5-4-6-10-17/h4-16,22-23H,3H2,1-2H3,(H,28,32)/t22-,23+/m1/s1. The molecule has 0 saturated carbocycles. The average Bonchev–Trinajstić information content (AvgIpc) is 3.25. The van der Waals surface area contributed by atoms with Crippen LogP contribution in [0.1, 0.15) is 30.5 Å². The molecule has 8 heteroatoms. The quantitative estimate of drug-likeness (QED) is 0.523. The molecule has 2 amide bonds. The lowest BCUT2D eigenvalue weighted by Gasteiger charge is -2.27. The maximum Gasteiger partial charge on any atom is 0.263 e. The van der Waals surface area contributed by atoms with Crippen molar-refractivity contribution in [3.63, 3.8) is 0 Å². The van der Waals surface area contributed by atoms with Crippen LogP contribution < -0.4 is 10.1 Å². The number of rotatable bonds is 6. The predicted octanol–water partition coefficient (Wildman–Crippen LogP) is 5.18. The summed E-state index contributed by atoms with van der Waals surface area (Å²) < 4.78 is 5.18. The van der Waals surface area contributed by atoms with Crippen LogP contribution in [0.5, 0.6) is 5.75 Å². The van der Waals surface area contributed by atoms with Gasteiger partial charge >= 0.3 is 0 Å². The number of carbonyl (C=O) groups excluding carboxylic acids is 2. The molecule has 0 fully saturated rings. The topological polar surface area (TPSA) is 83.4 Å². The predicted molar refractivity (Wildman–Crippen MR) is 139 cm³/mol. The number of amidine groups is 2. The van der Waals surface area contributed by atoms with Crippen LogP contribution in [-0.4, -0.2) is 40.1 Å². The highest BCUT2D eigenvalue weighted by molar-refractivity contribution is 8.15. The summed E-state index contributed by atoms with van der Waals surface area (Å²) in [5.41, 5.74) is 3.04. The fraction of sp³-hybridized carbons (Fsp3) is 0.185. The molecule has 3 aromatic carbocycles. The minimum absolute atomic E-state index is 0.158. The number of anilines is 1. The lowest BCUT2D eigenvalue weighted by molar-refractivity contribution is -0.124. The molecule has 35 heavy (non-hydrogen) atoms. The van der Waals surface area contributed by atoms with E-state index in [-0.39, 0.29) is 11.8 Å². The van der Waals surface area contributed by atoms with Gasteiger partial charge in [0.2, 0.25) is 5.91 Å². The Balaban J connectivity index is 1.43. The Bertz CT molecular complexity index is 1320. The number of ether oxygens (including phenoxy) is 1. The Hall–Kier alpha value is -3.91. The molecular formula is C27H24N4O3S. The number of carbonyl (C=O) groups is 2. The van der Waals surface area contributed by atoms with E-state index in [0.717, 1.165) is 16.8 Å². The van der Waals surface area contributed by atoms with Crippen molar-refractivity contribution in [2.45, 2.75) is 24.6 Å². The number of nitrogens with zero attached hydrogens (tertiary/aromatic N) is 3. The number of para-hydroxylation sites is 1. The second-order valence-electron chi connectivity index (χ2n) is 8.08. The van der Waals surface area contributed by atoms with Crippen molar-refractivity contribution < 1.29 is 14.3 Å². The summed E-state index contributed by atoms with van der Waals surface area (Å²) in [5, 5.41) is 2.96. The Morgan fingerprint density at radius 3 is 2.49 bits per heavy atom. The lowest BCUT2D eigenvalue weighted by Crippen LogP contribution is -2.41. The van der Waals surface area contributed by atoms with E-state index in [1.165, 1.54) is 11.8 Å². The number of nitrogens with one attached hydrogen (secondary N) is 1. The Morgan fingerprint density at radius 2 is 1.77 bits per heavy atom. The van der Waals surface area contributed by atoms with Gasteiger partial charge in [-0.1, -0.05) is 61.2 Å². The number of hydrogen-bond acceptors (Lipinski definition) is 6. The number of hydrogen-bond donors (Lipinski definition) is 1. The van der Waals surface area contributed by atoms with Gasteiger partial charge in [0, 0.05) is 11.3 Å². The summed E-state index contributed by atoms with van der Waals surface area (Å²) in [4.78, 5) is 37.8. The van der Waals surface area contributed by atoms with Gasteiger partial charge in [-0.3, -0.25) is 9.59 Å². The molecule has 2 atom stereocenters. The fourth-order valence-corrected chi connectivity index (χ4v) is 5.05. The van der Waals surface area contributed by atoms with Crippen molar-refractivity contribution >= 4 is 46.0 Å². The first-order chi connectivity index (χ1) is 17.1. The van der Waals surface area contributed by atoms with Crippen LogP contribution in [-0.2, 0) is 9.59 Å². The minimum Gasteiger partial charge on any atom is -0.497 e. The summed E-state index contributed by atoms with van der Waals surface area (Å²) in [6, 6.07) is 23.7. The zero-order valence-electron chi connectivity index (χ0n) is 19.3. The van der Waals surface area contributed by atoms with Gasteiger partial charge in [-0.25, -0.2) is 14.9 Å². The minimum atomic E-state index is -0.642. The van der Waals surface area contributed by atoms with E-state index < -0.39 is 11.3 Å². The zero-order valence-corrected chi connectivity index (χ0v) is 20.2. The third-order valence-electron chi connectivity index (χ3n) is 5.85. The van der Waals surface area contributed by atoms with Gasteiger partial charge in [-0.15, -0.1) is 0 Å². The Kier molecular flexibility index (Phi) is 6.37. The first-order valence-electron chi connectivity index (χ1n) is 11.4. The highest BCUT2D eigenvalue weighted by Gasteiger charge is 2.43. The maximum absolute atomic E-state index is 13.6. The Labute approximate surface area is 207 Å². The third-order valence-corrected chi connectivity index (χ3v) is 7.17. The van der Waals surface area contributed by atoms with Crippen molar-refractivity contribution in [3.8, 4) is 5.75 Å². The second kappa shape index (κ2) is 9.76. The molecule has 0 unspecified atom stereocenters. The monoisotopic (exact) mass is 484 g/mol. The van der Waals surface area contributed by atoms with Crippen LogP contribution in [0.2, 0.25) is 0 Å². The zero-order chi connectivity index (χ0) is 24.4. The number of benzene rings is 3. The van der Waals surface area contributed by atoms with Crippen molar-refractivity contribution in [2.75, 3.05) is 12.4 Å². The average molecular weight is 485 g/mol. The van der Waals surface area contributed by atoms with E-state index in [1.807, 2.05) is 61.5 Å². The number of aliphatic imine (C=N–C) groups is 2. The first-order valence-corrected chi connectivity index (χ1v) is 12.2. The molecule has 0 bridgehead atoms. The van der Waals surface area contributed by atoms with Crippen molar-refractivity contribution in [1.29, 1.82) is 0 Å². The van der Waals surface area contributed by atoms with E-state index >= 15 is 0 Å². The van der Waals surface area contributed by atoms with Crippen LogP contribution in [0.25, 0.3) is 0 Å². The van der Waals surface area contributed by atoms with Crippen LogP contribution >= 0.6 is 11.8 Å².